The van der Waals surface area contributed by atoms with Gasteiger partial charge in [-0.25, -0.2) is 9.79 Å². The van der Waals surface area contributed by atoms with Gasteiger partial charge in [-0.15, -0.1) is 0 Å². The minimum absolute atomic E-state index is 0.716. The number of isocyanates is 1. The molecule has 0 bridgehead atoms. The maximum absolute atomic E-state index is 10.3. The van der Waals surface area contributed by atoms with Gasteiger partial charge >= 0.3 is 5.79 Å². The zero-order chi connectivity index (χ0) is 12.1. The number of hydrogen-bond donors (Lipinski definition) is 0. The highest BCUT2D eigenvalue weighted by Crippen LogP contribution is 2.16. The first-order valence-electron chi connectivity index (χ1n) is 3.36. The number of aliphatic imine (C=N–C) groups is 1. The number of nitro groups is 3. The highest BCUT2D eigenvalue weighted by atomic mass is 16.7. The third-order valence-corrected chi connectivity index (χ3v) is 1.50. The Labute approximate surface area is 80.8 Å². The molecule has 0 atom stereocenters. The molecule has 0 aliphatic carbocycles. The summed E-state index contributed by atoms with van der Waals surface area (Å²) in [6.07, 6.45) is -0.152. The van der Waals surface area contributed by atoms with E-state index in [-0.39, 0.29) is 0 Å². The lowest BCUT2D eigenvalue weighted by Crippen LogP contribution is -2.53. The van der Waals surface area contributed by atoms with E-state index in [0.717, 1.165) is 6.08 Å². The molecule has 0 N–H and O–H groups in total. The van der Waals surface area contributed by atoms with Gasteiger partial charge in [0.2, 0.25) is 6.08 Å². The third-order valence-electron chi connectivity index (χ3n) is 1.50. The van der Waals surface area contributed by atoms with Crippen molar-refractivity contribution in [3.8, 4) is 0 Å². The quantitative estimate of drug-likeness (QED) is 0.186. The van der Waals surface area contributed by atoms with Crippen LogP contribution < -0.4 is 0 Å². The fraction of sp³-hybridized carbons (Fsp3) is 0.750. The maximum Gasteiger partial charge on any atom is 0.701 e. The topological polar surface area (TPSA) is 159 Å². The van der Waals surface area contributed by atoms with Crippen molar-refractivity contribution < 1.29 is 19.6 Å². The minimum atomic E-state index is -3.56. The van der Waals surface area contributed by atoms with Gasteiger partial charge in [0.25, 0.3) is 0 Å². The largest absolute Gasteiger partial charge is 0.701 e. The molecule has 0 radical (unpaired) electrons. The molecule has 0 saturated heterocycles. The molecular weight excluding hydrogens is 216 g/mol. The van der Waals surface area contributed by atoms with Crippen LogP contribution in [0.4, 0.5) is 0 Å². The van der Waals surface area contributed by atoms with Gasteiger partial charge in [0.05, 0.1) is 6.54 Å². The smallest absolute Gasteiger partial charge is 0.253 e. The molecule has 0 amide bonds. The van der Waals surface area contributed by atoms with E-state index in [1.807, 2.05) is 0 Å². The normalized spacial score (nSPS) is 10.1. The van der Waals surface area contributed by atoms with Gasteiger partial charge in [-0.3, -0.25) is 30.3 Å². The Morgan fingerprint density at radius 1 is 1.07 bits per heavy atom. The monoisotopic (exact) mass is 220 g/mol. The maximum atomic E-state index is 10.3. The van der Waals surface area contributed by atoms with E-state index in [0.29, 0.717) is 0 Å². The van der Waals surface area contributed by atoms with Crippen LogP contribution in [0.15, 0.2) is 4.99 Å². The van der Waals surface area contributed by atoms with Crippen LogP contribution in [0.1, 0.15) is 6.42 Å². The number of carbonyl (C=O) groups excluding carboxylic acids is 1. The summed E-state index contributed by atoms with van der Waals surface area (Å²) in [5.41, 5.74) is 0. The highest BCUT2D eigenvalue weighted by molar-refractivity contribution is 5.32. The van der Waals surface area contributed by atoms with Crippen LogP contribution in [-0.2, 0) is 4.79 Å². The molecule has 0 aliphatic rings. The number of rotatable bonds is 6. The summed E-state index contributed by atoms with van der Waals surface area (Å²) in [7, 11) is 0. The van der Waals surface area contributed by atoms with Gasteiger partial charge in [0, 0.05) is 0 Å². The van der Waals surface area contributed by atoms with Crippen LogP contribution in [0.5, 0.6) is 0 Å². The summed E-state index contributed by atoms with van der Waals surface area (Å²) in [4.78, 5) is 38.3. The standard InChI is InChI=1S/C4H4N4O7/c9-3-5-2-1-4(6(10)11,7(12)13)8(14)15/h1-2H2. The molecular formula is C4H4N4O7. The Bertz CT molecular complexity index is 309. The lowest BCUT2D eigenvalue weighted by molar-refractivity contribution is -0.970. The Kier molecular flexibility index (Phi) is 3.95. The second kappa shape index (κ2) is 4.72. The van der Waals surface area contributed by atoms with E-state index in [9.17, 15) is 35.1 Å². The van der Waals surface area contributed by atoms with E-state index in [4.69, 9.17) is 0 Å². The lowest BCUT2D eigenvalue weighted by Gasteiger charge is -2.06. The first-order valence-corrected chi connectivity index (χ1v) is 3.36. The molecule has 82 valence electrons. The zero-order valence-corrected chi connectivity index (χ0v) is 7.06. The molecule has 11 nitrogen and oxygen atoms in total. The third kappa shape index (κ3) is 2.28. The van der Waals surface area contributed by atoms with Crippen molar-refractivity contribution in [1.29, 1.82) is 0 Å². The van der Waals surface area contributed by atoms with Crippen LogP contribution >= 0.6 is 0 Å². The first-order chi connectivity index (χ1) is 6.89. The molecule has 0 unspecified atom stereocenters. The van der Waals surface area contributed by atoms with Crippen LogP contribution in [0.3, 0.4) is 0 Å². The van der Waals surface area contributed by atoms with E-state index >= 15 is 0 Å². The molecule has 0 fully saturated rings. The van der Waals surface area contributed by atoms with Gasteiger partial charge in [-0.05, 0) is 0 Å². The summed E-state index contributed by atoms with van der Waals surface area (Å²) < 4.78 is 0. The van der Waals surface area contributed by atoms with Gasteiger partial charge in [-0.1, -0.05) is 0 Å². The fourth-order valence-corrected chi connectivity index (χ4v) is 0.725. The van der Waals surface area contributed by atoms with E-state index in [1.165, 1.54) is 0 Å². The van der Waals surface area contributed by atoms with Gasteiger partial charge in [0.1, 0.15) is 0 Å². The van der Waals surface area contributed by atoms with Crippen molar-refractivity contribution in [2.24, 2.45) is 4.99 Å². The van der Waals surface area contributed by atoms with Crippen molar-refractivity contribution in [2.45, 2.75) is 12.2 Å². The fourth-order valence-electron chi connectivity index (χ4n) is 0.725. The van der Waals surface area contributed by atoms with Crippen LogP contribution in [0.25, 0.3) is 0 Å². The highest BCUT2D eigenvalue weighted by Gasteiger charge is 2.69. The predicted octanol–water partition coefficient (Wildman–Crippen LogP) is -0.804. The summed E-state index contributed by atoms with van der Waals surface area (Å²) >= 11 is 0. The van der Waals surface area contributed by atoms with E-state index in [2.05, 4.69) is 4.99 Å². The molecule has 0 aliphatic heterocycles. The number of hydrogen-bond acceptors (Lipinski definition) is 8. The molecule has 0 heterocycles. The Hall–Kier alpha value is -2.42. The van der Waals surface area contributed by atoms with Crippen molar-refractivity contribution in [3.05, 3.63) is 30.3 Å². The average Bonchev–Trinajstić information content (AvgIpc) is 2.10. The number of nitrogens with zero attached hydrogens (tertiary/aromatic N) is 4. The van der Waals surface area contributed by atoms with Crippen molar-refractivity contribution >= 4 is 6.08 Å². The Balaban J connectivity index is 5.14. The van der Waals surface area contributed by atoms with Crippen molar-refractivity contribution in [1.82, 2.24) is 0 Å². The molecule has 0 aromatic heterocycles. The summed E-state index contributed by atoms with van der Waals surface area (Å²) in [6, 6.07) is 0. The second-order valence-electron chi connectivity index (χ2n) is 2.27. The van der Waals surface area contributed by atoms with E-state index < -0.39 is 33.5 Å². The molecule has 11 heteroatoms. The van der Waals surface area contributed by atoms with Gasteiger partial charge in [0.15, 0.2) is 21.2 Å². The summed E-state index contributed by atoms with van der Waals surface area (Å²) in [5, 5.41) is 30.8. The van der Waals surface area contributed by atoms with Crippen LogP contribution in [0, 0.1) is 30.3 Å². The SMILES string of the molecule is O=C=NCCC([N+](=O)[O-])([N+](=O)[O-])[N+](=O)[O-]. The van der Waals surface area contributed by atoms with Gasteiger partial charge < -0.3 is 0 Å². The predicted molar refractivity (Wildman–Crippen MR) is 41.3 cm³/mol. The summed E-state index contributed by atoms with van der Waals surface area (Å²) in [5.74, 6) is -3.56. The molecule has 0 spiro atoms. The van der Waals surface area contributed by atoms with Crippen molar-refractivity contribution in [3.63, 3.8) is 0 Å². The molecule has 0 rings (SSSR count). The van der Waals surface area contributed by atoms with Crippen LogP contribution in [0.2, 0.25) is 0 Å². The lowest BCUT2D eigenvalue weighted by atomic mass is 10.2. The molecule has 0 aromatic carbocycles. The molecule has 0 aromatic rings. The Morgan fingerprint density at radius 2 is 1.47 bits per heavy atom. The minimum Gasteiger partial charge on any atom is -0.253 e. The molecule has 15 heavy (non-hydrogen) atoms. The first kappa shape index (κ1) is 12.6. The summed E-state index contributed by atoms with van der Waals surface area (Å²) in [6.45, 7) is -0.716. The van der Waals surface area contributed by atoms with Gasteiger partial charge in [-0.2, -0.15) is 0 Å². The van der Waals surface area contributed by atoms with E-state index in [1.54, 1.807) is 0 Å². The second-order valence-corrected chi connectivity index (χ2v) is 2.27. The van der Waals surface area contributed by atoms with Crippen LogP contribution in [-0.4, -0.2) is 33.2 Å². The molecule has 0 saturated carbocycles. The van der Waals surface area contributed by atoms with Crippen molar-refractivity contribution in [2.75, 3.05) is 6.54 Å². The Morgan fingerprint density at radius 3 is 1.73 bits per heavy atom. The average molecular weight is 220 g/mol. The zero-order valence-electron chi connectivity index (χ0n) is 7.06.